The molecule has 8 nitrogen and oxygen atoms in total. The summed E-state index contributed by atoms with van der Waals surface area (Å²) in [6.45, 7) is 41.1. The van der Waals surface area contributed by atoms with Crippen LogP contribution in [-0.4, -0.2) is 150 Å². The summed E-state index contributed by atoms with van der Waals surface area (Å²) in [4.78, 5) is 4.79. The van der Waals surface area contributed by atoms with Crippen LogP contribution in [0.4, 0.5) is 0 Å². The summed E-state index contributed by atoms with van der Waals surface area (Å²) in [6, 6.07) is 0. The first-order valence-corrected chi connectivity index (χ1v) is 41.8. The van der Waals surface area contributed by atoms with E-state index in [1.165, 1.54) is 0 Å². The van der Waals surface area contributed by atoms with Crippen LogP contribution >= 0.6 is 0 Å². The fourth-order valence-corrected chi connectivity index (χ4v) is 129. The standard InChI is InChI=1S/2C12H30NO3Si4.Zn/c2*1-18(2,3)17(19(4,5)6)20-14-10-7-13(8-11-15-20)9-12-16-20;/h2*7-12H2,1-6H3;. The van der Waals surface area contributed by atoms with Crippen LogP contribution in [0.1, 0.15) is 0 Å². The average molecular weight is 763 g/mol. The van der Waals surface area contributed by atoms with Gasteiger partial charge >= 0.3 is 16.6 Å². The van der Waals surface area contributed by atoms with Gasteiger partial charge in [-0.25, -0.2) is 0 Å². The van der Waals surface area contributed by atoms with E-state index in [0.29, 0.717) is 0 Å². The molecule has 0 N–H and O–H groups in total. The Morgan fingerprint density at radius 1 is 0.390 bits per heavy atom. The van der Waals surface area contributed by atoms with Gasteiger partial charge in [-0.3, -0.25) is 9.80 Å². The third-order valence-corrected chi connectivity index (χ3v) is 108. The molecule has 0 unspecified atom stereocenters. The number of hydrogen-bond acceptors (Lipinski definition) is 8. The van der Waals surface area contributed by atoms with Gasteiger partial charge in [0.2, 0.25) is 0 Å². The van der Waals surface area contributed by atoms with Gasteiger partial charge in [-0.1, -0.05) is 78.6 Å². The number of rotatable bonds is 6. The van der Waals surface area contributed by atoms with E-state index in [-0.39, 0.29) is 19.5 Å². The third kappa shape index (κ3) is 10.5. The maximum atomic E-state index is 6.42. The Bertz CT molecular complexity index is 677. The monoisotopic (exact) mass is 760 g/mol. The van der Waals surface area contributed by atoms with E-state index in [9.17, 15) is 0 Å². The van der Waals surface area contributed by atoms with Crippen molar-refractivity contribution in [3.05, 3.63) is 0 Å². The molecule has 0 aliphatic carbocycles. The molecule has 17 heteroatoms. The van der Waals surface area contributed by atoms with Gasteiger partial charge in [-0.15, -0.1) is 0 Å². The molecule has 0 aromatic carbocycles. The van der Waals surface area contributed by atoms with Gasteiger partial charge in [0.1, 0.15) is 14.7 Å². The topological polar surface area (TPSA) is 61.9 Å². The fraction of sp³-hybridized carbons (Fsp3) is 1.00. The van der Waals surface area contributed by atoms with Crippen LogP contribution in [0.25, 0.3) is 0 Å². The molecule has 2 radical (unpaired) electrons. The molecule has 0 aromatic heterocycles. The Balaban J connectivity index is 0.000000280. The quantitative estimate of drug-likeness (QED) is 0.382. The normalized spacial score (nSPS) is 32.0. The fourth-order valence-electron chi connectivity index (χ4n) is 7.30. The summed E-state index contributed by atoms with van der Waals surface area (Å²) < 4.78 is 38.5. The van der Waals surface area contributed by atoms with Crippen LogP contribution in [0, 0.1) is 0 Å². The number of hydrogen-bond donors (Lipinski definition) is 0. The zero-order valence-electron chi connectivity index (χ0n) is 28.5. The zero-order valence-corrected chi connectivity index (χ0v) is 39.5. The molecule has 6 fully saturated rings. The first kappa shape index (κ1) is 39.2. The largest absolute Gasteiger partial charge is 0.461 e. The maximum absolute atomic E-state index is 6.42. The van der Waals surface area contributed by atoms with E-state index in [4.69, 9.17) is 26.6 Å². The van der Waals surface area contributed by atoms with Crippen molar-refractivity contribution in [2.45, 2.75) is 78.6 Å². The van der Waals surface area contributed by atoms with Crippen molar-refractivity contribution < 1.29 is 46.0 Å². The van der Waals surface area contributed by atoms with E-state index in [2.05, 4.69) is 88.4 Å². The molecule has 0 spiro atoms. The summed E-state index contributed by atoms with van der Waals surface area (Å²) in [6.07, 6.45) is 0. The summed E-state index contributed by atoms with van der Waals surface area (Å²) in [5.74, 6) is 0. The van der Waals surface area contributed by atoms with Gasteiger partial charge in [0, 0.05) is 89.1 Å². The van der Waals surface area contributed by atoms with Crippen molar-refractivity contribution in [3.63, 3.8) is 0 Å². The second-order valence-corrected chi connectivity index (χ2v) is 78.8. The van der Waals surface area contributed by atoms with E-state index >= 15 is 0 Å². The minimum absolute atomic E-state index is 0. The van der Waals surface area contributed by atoms with Crippen LogP contribution < -0.4 is 0 Å². The molecule has 0 saturated carbocycles. The minimum atomic E-state index is -2.43. The van der Waals surface area contributed by atoms with Gasteiger partial charge in [0.25, 0.3) is 0 Å². The van der Waals surface area contributed by atoms with Crippen LogP contribution in [-0.2, 0) is 46.0 Å². The van der Waals surface area contributed by atoms with Crippen molar-refractivity contribution in [3.8, 4) is 0 Å². The predicted octanol–water partition coefficient (Wildman–Crippen LogP) is 3.42. The second-order valence-electron chi connectivity index (χ2n) is 15.6. The number of nitrogens with zero attached hydrogens (tertiary/aromatic N) is 2. The smallest absolute Gasteiger partial charge is 0.376 e. The Morgan fingerprint density at radius 3 is 0.707 bits per heavy atom. The van der Waals surface area contributed by atoms with Crippen molar-refractivity contribution in [2.75, 3.05) is 78.9 Å². The zero-order chi connectivity index (χ0) is 30.0. The molecule has 0 atom stereocenters. The summed E-state index contributed by atoms with van der Waals surface area (Å²) in [5.41, 5.74) is 0. The molecule has 41 heavy (non-hydrogen) atoms. The van der Waals surface area contributed by atoms with Crippen molar-refractivity contribution >= 4 is 61.7 Å². The van der Waals surface area contributed by atoms with Gasteiger partial charge in [-0.05, 0) is 0 Å². The predicted molar refractivity (Wildman–Crippen MR) is 185 cm³/mol. The number of fused-ring (bicyclic) bond motifs is 12. The van der Waals surface area contributed by atoms with Crippen LogP contribution in [0.3, 0.4) is 0 Å². The van der Waals surface area contributed by atoms with Gasteiger partial charge < -0.3 is 26.6 Å². The summed E-state index contributed by atoms with van der Waals surface area (Å²) in [7, 11) is -11.4. The van der Waals surface area contributed by atoms with E-state index in [0.717, 1.165) is 78.9 Å². The summed E-state index contributed by atoms with van der Waals surface area (Å²) >= 11 is 0. The maximum Gasteiger partial charge on any atom is 0.461 e. The molecule has 6 heterocycles. The van der Waals surface area contributed by atoms with E-state index in [1.807, 2.05) is 0 Å². The van der Waals surface area contributed by atoms with Crippen molar-refractivity contribution in [1.29, 1.82) is 0 Å². The van der Waals surface area contributed by atoms with Crippen LogP contribution in [0.2, 0.25) is 78.6 Å². The molecule has 4 bridgehead atoms. The average Bonchev–Trinajstić information content (AvgIpc) is 2.65. The van der Waals surface area contributed by atoms with E-state index in [1.54, 1.807) is 0 Å². The van der Waals surface area contributed by atoms with Crippen molar-refractivity contribution in [2.24, 2.45) is 0 Å². The van der Waals surface area contributed by atoms with Gasteiger partial charge in [0.15, 0.2) is 0 Å². The molecule has 6 rings (SSSR count). The first-order valence-electron chi connectivity index (χ1n) is 15.4. The molecule has 6 saturated heterocycles. The Labute approximate surface area is 273 Å². The molecule has 0 aromatic rings. The molecule has 6 aliphatic rings. The molecular formula is C24H60N2O6Si8Zn. The molecule has 6 aliphatic heterocycles. The van der Waals surface area contributed by atoms with E-state index < -0.39 is 61.7 Å². The van der Waals surface area contributed by atoms with Gasteiger partial charge in [-0.2, -0.15) is 0 Å². The first-order chi connectivity index (χ1) is 18.3. The third-order valence-electron chi connectivity index (χ3n) is 7.81. The molecule has 236 valence electrons. The minimum Gasteiger partial charge on any atom is -0.376 e. The van der Waals surface area contributed by atoms with Crippen LogP contribution in [0.15, 0.2) is 0 Å². The summed E-state index contributed by atoms with van der Waals surface area (Å²) in [5, 5.41) is 0. The van der Waals surface area contributed by atoms with Gasteiger partial charge in [0.05, 0.1) is 39.6 Å². The van der Waals surface area contributed by atoms with Crippen LogP contribution in [0.5, 0.6) is 0 Å². The Morgan fingerprint density at radius 2 is 0.561 bits per heavy atom. The Kier molecular flexibility index (Phi) is 14.6. The molecular weight excluding hydrogens is 702 g/mol. The molecule has 0 amide bonds. The SMILES string of the molecule is C[Si](C)(C)[Si]([Si](C)(C)C)[Si]12OCCN(CCO1)CCO2.C[Si](C)(C)[Si]([Si](C)(C)C)[Si]12OCCN(CCO1)CCO2.[Zn]. The van der Waals surface area contributed by atoms with Crippen molar-refractivity contribution in [1.82, 2.24) is 9.80 Å². The Hall–Kier alpha value is 2.04. The second kappa shape index (κ2) is 15.3.